The van der Waals surface area contributed by atoms with Gasteiger partial charge in [-0.1, -0.05) is 0 Å². The van der Waals surface area contributed by atoms with Crippen molar-refractivity contribution in [2.45, 2.75) is 24.6 Å². The lowest BCUT2D eigenvalue weighted by Gasteiger charge is -2.28. The van der Waals surface area contributed by atoms with Crippen LogP contribution in [0.1, 0.15) is 6.42 Å². The topological polar surface area (TPSA) is 29.5 Å². The molecule has 1 N–H and O–H groups in total. The standard InChI is InChI=1S/C6H7F7O2/c7-2-1-4(8,9)6(12,13)15-5(10,11)3-14/h14H,1-3H2. The molecular weight excluding hydrogens is 237 g/mol. The third-order valence-electron chi connectivity index (χ3n) is 1.30. The second kappa shape index (κ2) is 4.52. The molecule has 0 bridgehead atoms. The van der Waals surface area contributed by atoms with Crippen LogP contribution in [-0.4, -0.2) is 36.5 Å². The first-order valence-electron chi connectivity index (χ1n) is 3.58. The Morgan fingerprint density at radius 3 is 1.80 bits per heavy atom. The molecule has 0 saturated heterocycles. The van der Waals surface area contributed by atoms with Gasteiger partial charge >= 0.3 is 18.1 Å². The number of alkyl halides is 7. The summed E-state index contributed by atoms with van der Waals surface area (Å²) >= 11 is 0. The Kier molecular flexibility index (Phi) is 4.35. The van der Waals surface area contributed by atoms with Crippen molar-refractivity contribution in [1.29, 1.82) is 0 Å². The van der Waals surface area contributed by atoms with Crippen LogP contribution in [0.15, 0.2) is 0 Å². The zero-order valence-electron chi connectivity index (χ0n) is 7.12. The number of hydrogen-bond acceptors (Lipinski definition) is 2. The van der Waals surface area contributed by atoms with Gasteiger partial charge in [0.25, 0.3) is 0 Å². The maximum Gasteiger partial charge on any atom is 0.423 e. The molecular formula is C6H7F7O2. The normalized spacial score (nSPS) is 14.4. The van der Waals surface area contributed by atoms with Gasteiger partial charge in [-0.15, -0.1) is 0 Å². The number of aliphatic hydroxyl groups excluding tert-OH is 1. The van der Waals surface area contributed by atoms with Gasteiger partial charge in [0.2, 0.25) is 0 Å². The molecule has 2 nitrogen and oxygen atoms in total. The molecule has 92 valence electrons. The van der Waals surface area contributed by atoms with Crippen LogP contribution in [-0.2, 0) is 4.74 Å². The summed E-state index contributed by atoms with van der Waals surface area (Å²) in [7, 11) is 0. The Balaban J connectivity index is 4.67. The Morgan fingerprint density at radius 1 is 1.00 bits per heavy atom. The second-order valence-corrected chi connectivity index (χ2v) is 2.56. The summed E-state index contributed by atoms with van der Waals surface area (Å²) in [5.74, 6) is -5.07. The van der Waals surface area contributed by atoms with E-state index in [1.807, 2.05) is 0 Å². The van der Waals surface area contributed by atoms with Gasteiger partial charge in [0.15, 0.2) is 0 Å². The van der Waals surface area contributed by atoms with Gasteiger partial charge in [0, 0.05) is 6.42 Å². The minimum atomic E-state index is -5.55. The fraction of sp³-hybridized carbons (Fsp3) is 1.00. The highest BCUT2D eigenvalue weighted by Gasteiger charge is 2.61. The van der Waals surface area contributed by atoms with Gasteiger partial charge in [-0.3, -0.25) is 4.39 Å². The third-order valence-corrected chi connectivity index (χ3v) is 1.30. The predicted molar refractivity (Wildman–Crippen MR) is 33.6 cm³/mol. The largest absolute Gasteiger partial charge is 0.423 e. The van der Waals surface area contributed by atoms with Gasteiger partial charge in [-0.2, -0.15) is 26.3 Å². The summed E-state index contributed by atoms with van der Waals surface area (Å²) in [4.78, 5) is 0. The van der Waals surface area contributed by atoms with Crippen LogP contribution < -0.4 is 0 Å². The Morgan fingerprint density at radius 2 is 1.47 bits per heavy atom. The number of aliphatic hydroxyl groups is 1. The summed E-state index contributed by atoms with van der Waals surface area (Å²) in [6, 6.07) is 0. The van der Waals surface area contributed by atoms with E-state index >= 15 is 0 Å². The molecule has 0 aliphatic carbocycles. The van der Waals surface area contributed by atoms with Gasteiger partial charge in [-0.25, -0.2) is 4.74 Å². The van der Waals surface area contributed by atoms with E-state index in [0.717, 1.165) is 0 Å². The van der Waals surface area contributed by atoms with E-state index in [1.165, 1.54) is 0 Å². The van der Waals surface area contributed by atoms with Gasteiger partial charge in [0.05, 0.1) is 6.67 Å². The van der Waals surface area contributed by atoms with Crippen LogP contribution in [0.25, 0.3) is 0 Å². The Hall–Kier alpha value is -0.570. The third kappa shape index (κ3) is 3.82. The Labute approximate surface area is 79.6 Å². The fourth-order valence-corrected chi connectivity index (χ4v) is 0.559. The number of rotatable bonds is 6. The zero-order valence-corrected chi connectivity index (χ0v) is 7.12. The Bertz CT molecular complexity index is 206. The van der Waals surface area contributed by atoms with Crippen molar-refractivity contribution in [1.82, 2.24) is 0 Å². The van der Waals surface area contributed by atoms with Gasteiger partial charge in [0.1, 0.15) is 6.61 Å². The predicted octanol–water partition coefficient (Wildman–Crippen LogP) is 2.18. The smallest absolute Gasteiger partial charge is 0.387 e. The molecule has 0 rings (SSSR count). The molecule has 0 aliphatic heterocycles. The van der Waals surface area contributed by atoms with Gasteiger partial charge < -0.3 is 5.11 Å². The van der Waals surface area contributed by atoms with Crippen molar-refractivity contribution >= 4 is 0 Å². The van der Waals surface area contributed by atoms with Crippen molar-refractivity contribution < 1.29 is 40.6 Å². The van der Waals surface area contributed by atoms with Crippen LogP contribution in [0.2, 0.25) is 0 Å². The molecule has 0 heterocycles. The zero-order chi connectivity index (χ0) is 12.3. The average Bonchev–Trinajstić information content (AvgIpc) is 2.02. The first kappa shape index (κ1) is 14.4. The number of ether oxygens (including phenoxy) is 1. The molecule has 0 aromatic rings. The molecule has 0 atom stereocenters. The average molecular weight is 244 g/mol. The molecule has 15 heavy (non-hydrogen) atoms. The summed E-state index contributed by atoms with van der Waals surface area (Å²) in [5, 5.41) is 7.83. The lowest BCUT2D eigenvalue weighted by molar-refractivity contribution is -0.435. The number of halogens is 7. The van der Waals surface area contributed by atoms with Crippen molar-refractivity contribution in [2.75, 3.05) is 13.3 Å². The highest BCUT2D eigenvalue weighted by atomic mass is 19.3. The number of hydrogen-bond donors (Lipinski definition) is 1. The highest BCUT2D eigenvalue weighted by Crippen LogP contribution is 2.41. The molecule has 0 unspecified atom stereocenters. The van der Waals surface area contributed by atoms with Crippen LogP contribution >= 0.6 is 0 Å². The molecule has 0 radical (unpaired) electrons. The second-order valence-electron chi connectivity index (χ2n) is 2.56. The van der Waals surface area contributed by atoms with E-state index in [0.29, 0.717) is 0 Å². The van der Waals surface area contributed by atoms with E-state index in [-0.39, 0.29) is 0 Å². The summed E-state index contributed by atoms with van der Waals surface area (Å²) in [6.45, 7) is -4.01. The van der Waals surface area contributed by atoms with E-state index < -0.39 is 37.8 Å². The van der Waals surface area contributed by atoms with Crippen LogP contribution in [0.3, 0.4) is 0 Å². The molecule has 9 heteroatoms. The lowest BCUT2D eigenvalue weighted by atomic mass is 10.2. The molecule has 0 aliphatic rings. The van der Waals surface area contributed by atoms with E-state index in [9.17, 15) is 30.7 Å². The summed E-state index contributed by atoms with van der Waals surface area (Å²) in [6.07, 6.45) is -12.3. The van der Waals surface area contributed by atoms with Crippen molar-refractivity contribution in [3.63, 3.8) is 0 Å². The van der Waals surface area contributed by atoms with E-state index in [4.69, 9.17) is 5.11 Å². The van der Waals surface area contributed by atoms with E-state index in [2.05, 4.69) is 4.74 Å². The maximum atomic E-state index is 12.3. The summed E-state index contributed by atoms with van der Waals surface area (Å²) in [5.41, 5.74) is 0. The quantitative estimate of drug-likeness (QED) is 0.725. The van der Waals surface area contributed by atoms with Crippen LogP contribution in [0.5, 0.6) is 0 Å². The van der Waals surface area contributed by atoms with Gasteiger partial charge in [-0.05, 0) is 0 Å². The maximum absolute atomic E-state index is 12.3. The molecule has 0 spiro atoms. The van der Waals surface area contributed by atoms with Crippen LogP contribution in [0.4, 0.5) is 30.7 Å². The minimum absolute atomic E-state index is 1.82. The van der Waals surface area contributed by atoms with Crippen LogP contribution in [0, 0.1) is 0 Å². The molecule has 0 saturated carbocycles. The molecule has 0 fully saturated rings. The first-order valence-corrected chi connectivity index (χ1v) is 3.58. The lowest BCUT2D eigenvalue weighted by Crippen LogP contribution is -2.48. The van der Waals surface area contributed by atoms with E-state index in [1.54, 1.807) is 0 Å². The summed E-state index contributed by atoms with van der Waals surface area (Å²) < 4.78 is 87.3. The molecule has 0 aromatic carbocycles. The molecule has 0 amide bonds. The van der Waals surface area contributed by atoms with Crippen molar-refractivity contribution in [3.8, 4) is 0 Å². The highest BCUT2D eigenvalue weighted by molar-refractivity contribution is 4.78. The molecule has 0 aromatic heterocycles. The SMILES string of the molecule is OCC(F)(F)OC(F)(F)C(F)(F)CCF. The monoisotopic (exact) mass is 244 g/mol. The minimum Gasteiger partial charge on any atom is -0.387 e. The van der Waals surface area contributed by atoms with Crippen molar-refractivity contribution in [2.24, 2.45) is 0 Å². The first-order chi connectivity index (χ1) is 6.58. The van der Waals surface area contributed by atoms with Crippen molar-refractivity contribution in [3.05, 3.63) is 0 Å². The fourth-order valence-electron chi connectivity index (χ4n) is 0.559.